The number of aliphatic hydroxyl groups excluding tert-OH is 1. The van der Waals surface area contributed by atoms with E-state index in [1.54, 1.807) is 0 Å². The van der Waals surface area contributed by atoms with Crippen molar-refractivity contribution in [2.24, 2.45) is 0 Å². The number of ether oxygens (including phenoxy) is 1. The van der Waals surface area contributed by atoms with E-state index in [4.69, 9.17) is 9.84 Å². The van der Waals surface area contributed by atoms with Gasteiger partial charge in [0.05, 0.1) is 17.8 Å². The highest BCUT2D eigenvalue weighted by Gasteiger charge is 2.41. The van der Waals surface area contributed by atoms with E-state index in [0.29, 0.717) is 6.10 Å². The molecule has 2 fully saturated rings. The van der Waals surface area contributed by atoms with Crippen LogP contribution < -0.4 is 5.32 Å². The molecule has 1 aliphatic carbocycles. The number of nitrogens with one attached hydrogen (secondary N) is 1. The summed E-state index contributed by atoms with van der Waals surface area (Å²) in [6.07, 6.45) is 9.98. The van der Waals surface area contributed by atoms with Crippen LogP contribution in [0.4, 0.5) is 0 Å². The van der Waals surface area contributed by atoms with Gasteiger partial charge in [0, 0.05) is 6.54 Å². The van der Waals surface area contributed by atoms with Crippen LogP contribution in [0.25, 0.3) is 0 Å². The summed E-state index contributed by atoms with van der Waals surface area (Å²) in [4.78, 5) is 0. The van der Waals surface area contributed by atoms with Gasteiger partial charge in [-0.2, -0.15) is 0 Å². The molecule has 2 unspecified atom stereocenters. The highest BCUT2D eigenvalue weighted by atomic mass is 16.5. The monoisotopic (exact) mass is 241 g/mol. The molecule has 0 aromatic heterocycles. The minimum absolute atomic E-state index is 0.165. The normalized spacial score (nSPS) is 28.9. The molecular formula is C14H27NO2. The molecule has 0 amide bonds. The van der Waals surface area contributed by atoms with Crippen molar-refractivity contribution >= 4 is 0 Å². The van der Waals surface area contributed by atoms with Gasteiger partial charge in [-0.25, -0.2) is 0 Å². The van der Waals surface area contributed by atoms with Gasteiger partial charge in [0.25, 0.3) is 0 Å². The van der Waals surface area contributed by atoms with Crippen LogP contribution >= 0.6 is 0 Å². The minimum atomic E-state index is -0.165. The average Bonchev–Trinajstić information content (AvgIpc) is 2.89. The molecule has 1 spiro atoms. The van der Waals surface area contributed by atoms with Crippen LogP contribution in [0.5, 0.6) is 0 Å². The highest BCUT2D eigenvalue weighted by Crippen LogP contribution is 2.43. The Balaban J connectivity index is 1.55. The summed E-state index contributed by atoms with van der Waals surface area (Å²) in [5.74, 6) is 0. The van der Waals surface area contributed by atoms with Gasteiger partial charge in [0.1, 0.15) is 0 Å². The van der Waals surface area contributed by atoms with E-state index in [-0.39, 0.29) is 11.7 Å². The lowest BCUT2D eigenvalue weighted by molar-refractivity contribution is -0.0350. The third-order valence-electron chi connectivity index (χ3n) is 4.20. The average molecular weight is 241 g/mol. The second-order valence-electron chi connectivity index (χ2n) is 5.86. The Hall–Kier alpha value is -0.120. The Labute approximate surface area is 105 Å². The van der Waals surface area contributed by atoms with Crippen molar-refractivity contribution in [2.75, 3.05) is 13.1 Å². The fourth-order valence-corrected chi connectivity index (χ4v) is 3.21. The Morgan fingerprint density at radius 2 is 2.12 bits per heavy atom. The van der Waals surface area contributed by atoms with Gasteiger partial charge in [-0.15, -0.1) is 0 Å². The Kier molecular flexibility index (Phi) is 4.83. The maximum absolute atomic E-state index is 9.15. The zero-order valence-corrected chi connectivity index (χ0v) is 11.1. The molecule has 3 nitrogen and oxygen atoms in total. The maximum atomic E-state index is 9.15. The molecule has 2 atom stereocenters. The first kappa shape index (κ1) is 13.3. The predicted molar refractivity (Wildman–Crippen MR) is 69.1 cm³/mol. The summed E-state index contributed by atoms with van der Waals surface area (Å²) >= 11 is 0. The zero-order chi connectivity index (χ0) is 12.1. The van der Waals surface area contributed by atoms with Crippen molar-refractivity contribution in [2.45, 2.75) is 76.1 Å². The standard InChI is InChI=1S/C14H27NO2/c1-12(16)5-4-10-15-11-13-6-9-14(17-13)7-2-3-8-14/h12-13,15-16H,2-11H2,1H3. The van der Waals surface area contributed by atoms with Crippen LogP contribution in [0, 0.1) is 0 Å². The second-order valence-corrected chi connectivity index (χ2v) is 5.86. The topological polar surface area (TPSA) is 41.5 Å². The lowest BCUT2D eigenvalue weighted by Crippen LogP contribution is -2.31. The highest BCUT2D eigenvalue weighted by molar-refractivity contribution is 4.93. The number of rotatable bonds is 6. The van der Waals surface area contributed by atoms with Crippen LogP contribution in [0.1, 0.15) is 58.3 Å². The van der Waals surface area contributed by atoms with Gasteiger partial charge in [-0.1, -0.05) is 12.8 Å². The maximum Gasteiger partial charge on any atom is 0.0708 e. The van der Waals surface area contributed by atoms with Crippen molar-refractivity contribution < 1.29 is 9.84 Å². The summed E-state index contributed by atoms with van der Waals surface area (Å²) < 4.78 is 6.23. The molecule has 3 heteroatoms. The van der Waals surface area contributed by atoms with Crippen molar-refractivity contribution in [1.82, 2.24) is 5.32 Å². The zero-order valence-electron chi connectivity index (χ0n) is 11.1. The molecule has 0 aromatic rings. The molecule has 0 radical (unpaired) electrons. The van der Waals surface area contributed by atoms with E-state index in [2.05, 4.69) is 5.32 Å². The number of hydrogen-bond acceptors (Lipinski definition) is 3. The molecule has 1 aliphatic heterocycles. The SMILES string of the molecule is CC(O)CCCNCC1CCC2(CCCC2)O1. The quantitative estimate of drug-likeness (QED) is 0.701. The molecule has 1 saturated carbocycles. The van der Waals surface area contributed by atoms with Crippen LogP contribution in [-0.2, 0) is 4.74 Å². The summed E-state index contributed by atoms with van der Waals surface area (Å²) in [5, 5.41) is 12.6. The van der Waals surface area contributed by atoms with Crippen LogP contribution in [-0.4, -0.2) is 36.0 Å². The third-order valence-corrected chi connectivity index (χ3v) is 4.20. The first-order valence-electron chi connectivity index (χ1n) is 7.27. The second kappa shape index (κ2) is 6.17. The Morgan fingerprint density at radius 1 is 1.35 bits per heavy atom. The molecule has 17 heavy (non-hydrogen) atoms. The number of hydrogen-bond donors (Lipinski definition) is 2. The Bertz CT molecular complexity index is 224. The molecule has 100 valence electrons. The smallest absolute Gasteiger partial charge is 0.0708 e. The van der Waals surface area contributed by atoms with Crippen LogP contribution in [0.2, 0.25) is 0 Å². The first-order chi connectivity index (χ1) is 8.20. The van der Waals surface area contributed by atoms with Gasteiger partial charge in [0.15, 0.2) is 0 Å². The molecule has 0 bridgehead atoms. The van der Waals surface area contributed by atoms with Crippen molar-refractivity contribution in [3.8, 4) is 0 Å². The fraction of sp³-hybridized carbons (Fsp3) is 1.00. The largest absolute Gasteiger partial charge is 0.393 e. The summed E-state index contributed by atoms with van der Waals surface area (Å²) in [5.41, 5.74) is 0.270. The van der Waals surface area contributed by atoms with Gasteiger partial charge in [-0.05, 0) is 52.0 Å². The van der Waals surface area contributed by atoms with E-state index < -0.39 is 0 Å². The molecule has 2 aliphatic rings. The summed E-state index contributed by atoms with van der Waals surface area (Å²) in [7, 11) is 0. The van der Waals surface area contributed by atoms with Gasteiger partial charge in [-0.3, -0.25) is 0 Å². The van der Waals surface area contributed by atoms with Crippen LogP contribution in [0.3, 0.4) is 0 Å². The van der Waals surface area contributed by atoms with E-state index >= 15 is 0 Å². The summed E-state index contributed by atoms with van der Waals surface area (Å²) in [6, 6.07) is 0. The lowest BCUT2D eigenvalue weighted by Gasteiger charge is -2.23. The van der Waals surface area contributed by atoms with E-state index in [1.807, 2.05) is 6.92 Å². The van der Waals surface area contributed by atoms with Gasteiger partial charge in [0.2, 0.25) is 0 Å². The van der Waals surface area contributed by atoms with Crippen molar-refractivity contribution in [3.63, 3.8) is 0 Å². The van der Waals surface area contributed by atoms with E-state index in [0.717, 1.165) is 25.9 Å². The Morgan fingerprint density at radius 3 is 2.82 bits per heavy atom. The van der Waals surface area contributed by atoms with Gasteiger partial charge >= 0.3 is 0 Å². The van der Waals surface area contributed by atoms with Crippen LogP contribution in [0.15, 0.2) is 0 Å². The predicted octanol–water partition coefficient (Wildman–Crippen LogP) is 2.23. The first-order valence-corrected chi connectivity index (χ1v) is 7.27. The lowest BCUT2D eigenvalue weighted by atomic mass is 9.98. The number of aliphatic hydroxyl groups is 1. The third kappa shape index (κ3) is 3.94. The summed E-state index contributed by atoms with van der Waals surface area (Å²) in [6.45, 7) is 3.84. The molecule has 0 aromatic carbocycles. The molecule has 1 heterocycles. The van der Waals surface area contributed by atoms with E-state index in [9.17, 15) is 0 Å². The van der Waals surface area contributed by atoms with Gasteiger partial charge < -0.3 is 15.2 Å². The van der Waals surface area contributed by atoms with Crippen molar-refractivity contribution in [1.29, 1.82) is 0 Å². The molecule has 1 saturated heterocycles. The van der Waals surface area contributed by atoms with Crippen molar-refractivity contribution in [3.05, 3.63) is 0 Å². The molecular weight excluding hydrogens is 214 g/mol. The fourth-order valence-electron chi connectivity index (χ4n) is 3.21. The molecule has 2 rings (SSSR count). The molecule has 2 N–H and O–H groups in total. The minimum Gasteiger partial charge on any atom is -0.393 e. The van der Waals surface area contributed by atoms with E-state index in [1.165, 1.54) is 38.5 Å².